The molecule has 0 amide bonds. The van der Waals surface area contributed by atoms with E-state index >= 15 is 0 Å². The van der Waals surface area contributed by atoms with E-state index in [4.69, 9.17) is 19.2 Å². The third-order valence-corrected chi connectivity index (χ3v) is 6.01. The lowest BCUT2D eigenvalue weighted by Gasteiger charge is -2.21. The highest BCUT2D eigenvalue weighted by atomic mass is 32.2. The number of amidine groups is 2. The standard InChI is InChI=1S/C19H23N3O3S/c1-23-15-4-3-13(9-16(15)24-2)14-10-20-18-17(14)21-19(22-18)26-11-12-5-7-25-8-6-12/h3-4,9-10,12,17H,5-8,11H2,1-2H3,(H,20,21,22). The average molecular weight is 373 g/mol. The fraction of sp³-hybridized carbons (Fsp3) is 0.474. The highest BCUT2D eigenvalue weighted by Crippen LogP contribution is 2.35. The molecule has 3 heterocycles. The Hall–Kier alpha value is -1.99. The summed E-state index contributed by atoms with van der Waals surface area (Å²) in [6, 6.07) is 5.87. The molecule has 1 aromatic rings. The lowest BCUT2D eigenvalue weighted by molar-refractivity contribution is 0.0728. The Morgan fingerprint density at radius 1 is 1.19 bits per heavy atom. The zero-order chi connectivity index (χ0) is 17.9. The number of rotatable bonds is 5. The van der Waals surface area contributed by atoms with Crippen LogP contribution in [0.3, 0.4) is 0 Å². The van der Waals surface area contributed by atoms with Crippen molar-refractivity contribution in [3.63, 3.8) is 0 Å². The molecule has 0 spiro atoms. The molecule has 7 heteroatoms. The molecule has 1 saturated heterocycles. The minimum Gasteiger partial charge on any atom is -0.493 e. The topological polar surface area (TPSA) is 64.4 Å². The average Bonchev–Trinajstić information content (AvgIpc) is 3.27. The summed E-state index contributed by atoms with van der Waals surface area (Å²) in [4.78, 5) is 9.38. The Morgan fingerprint density at radius 2 is 2.00 bits per heavy atom. The van der Waals surface area contributed by atoms with E-state index in [9.17, 15) is 0 Å². The van der Waals surface area contributed by atoms with Crippen LogP contribution in [0.25, 0.3) is 5.57 Å². The molecule has 1 fully saturated rings. The molecule has 0 aromatic heterocycles. The smallest absolute Gasteiger partial charge is 0.163 e. The molecule has 4 rings (SSSR count). The second-order valence-electron chi connectivity index (χ2n) is 6.50. The molecule has 138 valence electrons. The summed E-state index contributed by atoms with van der Waals surface area (Å²) >= 11 is 1.79. The minimum absolute atomic E-state index is 0.0507. The number of hydrogen-bond donors (Lipinski definition) is 1. The zero-order valence-electron chi connectivity index (χ0n) is 15.0. The number of fused-ring (bicyclic) bond motifs is 1. The van der Waals surface area contributed by atoms with Crippen LogP contribution in [0.4, 0.5) is 0 Å². The SMILES string of the molecule is COc1ccc(C2=CN=C3NC(SCC4CCOCC4)=NC23)cc1OC. The van der Waals surface area contributed by atoms with Crippen LogP contribution in [0, 0.1) is 5.92 Å². The fourth-order valence-electron chi connectivity index (χ4n) is 3.35. The van der Waals surface area contributed by atoms with Gasteiger partial charge in [-0.05, 0) is 36.5 Å². The lowest BCUT2D eigenvalue weighted by Crippen LogP contribution is -2.27. The fourth-order valence-corrected chi connectivity index (χ4v) is 4.43. The normalized spacial score (nSPS) is 22.2. The first kappa shape index (κ1) is 17.4. The van der Waals surface area contributed by atoms with Gasteiger partial charge in [0.25, 0.3) is 0 Å². The number of hydrogen-bond acceptors (Lipinski definition) is 7. The predicted molar refractivity (Wildman–Crippen MR) is 105 cm³/mol. The van der Waals surface area contributed by atoms with Gasteiger partial charge in [-0.1, -0.05) is 17.8 Å². The van der Waals surface area contributed by atoms with Crippen LogP contribution in [-0.4, -0.2) is 50.2 Å². The van der Waals surface area contributed by atoms with Gasteiger partial charge in [-0.2, -0.15) is 0 Å². The molecule has 0 radical (unpaired) electrons. The molecule has 0 aliphatic carbocycles. The largest absolute Gasteiger partial charge is 0.493 e. The van der Waals surface area contributed by atoms with Gasteiger partial charge < -0.3 is 19.5 Å². The molecule has 26 heavy (non-hydrogen) atoms. The van der Waals surface area contributed by atoms with Crippen molar-refractivity contribution in [2.24, 2.45) is 15.9 Å². The Balaban J connectivity index is 1.45. The van der Waals surface area contributed by atoms with Crippen molar-refractivity contribution in [3.05, 3.63) is 30.0 Å². The summed E-state index contributed by atoms with van der Waals surface area (Å²) in [5.41, 5.74) is 2.13. The number of aliphatic imine (C=N–C) groups is 2. The van der Waals surface area contributed by atoms with Crippen molar-refractivity contribution in [1.82, 2.24) is 5.32 Å². The van der Waals surface area contributed by atoms with Gasteiger partial charge in [-0.3, -0.25) is 0 Å². The van der Waals surface area contributed by atoms with Gasteiger partial charge in [0.1, 0.15) is 11.9 Å². The number of benzene rings is 1. The highest BCUT2D eigenvalue weighted by Gasteiger charge is 2.32. The van der Waals surface area contributed by atoms with Gasteiger partial charge in [-0.25, -0.2) is 9.98 Å². The molecule has 3 aliphatic rings. The van der Waals surface area contributed by atoms with Crippen molar-refractivity contribution in [2.75, 3.05) is 33.2 Å². The first-order chi connectivity index (χ1) is 12.8. The van der Waals surface area contributed by atoms with E-state index in [1.165, 1.54) is 0 Å². The van der Waals surface area contributed by atoms with E-state index in [1.54, 1.807) is 26.0 Å². The zero-order valence-corrected chi connectivity index (χ0v) is 15.8. The number of methoxy groups -OCH3 is 2. The highest BCUT2D eigenvalue weighted by molar-refractivity contribution is 8.13. The Kier molecular flexibility index (Phi) is 5.17. The predicted octanol–water partition coefficient (Wildman–Crippen LogP) is 2.94. The van der Waals surface area contributed by atoms with Crippen molar-refractivity contribution >= 4 is 28.3 Å². The second kappa shape index (κ2) is 7.72. The van der Waals surface area contributed by atoms with E-state index in [-0.39, 0.29) is 6.04 Å². The molecule has 1 aromatic carbocycles. The number of nitrogens with one attached hydrogen (secondary N) is 1. The van der Waals surface area contributed by atoms with E-state index in [2.05, 4.69) is 10.3 Å². The summed E-state index contributed by atoms with van der Waals surface area (Å²) in [5, 5.41) is 4.33. The lowest BCUT2D eigenvalue weighted by atomic mass is 10.0. The van der Waals surface area contributed by atoms with E-state index < -0.39 is 0 Å². The van der Waals surface area contributed by atoms with Gasteiger partial charge in [0.2, 0.25) is 0 Å². The first-order valence-electron chi connectivity index (χ1n) is 8.84. The summed E-state index contributed by atoms with van der Waals surface area (Å²) < 4.78 is 16.2. The molecular formula is C19H23N3O3S. The van der Waals surface area contributed by atoms with Gasteiger partial charge in [-0.15, -0.1) is 0 Å². The molecule has 1 N–H and O–H groups in total. The molecule has 1 unspecified atom stereocenters. The van der Waals surface area contributed by atoms with Crippen LogP contribution in [0.5, 0.6) is 11.5 Å². The van der Waals surface area contributed by atoms with E-state index in [0.29, 0.717) is 11.7 Å². The van der Waals surface area contributed by atoms with Crippen LogP contribution < -0.4 is 14.8 Å². The van der Waals surface area contributed by atoms with Crippen molar-refractivity contribution in [3.8, 4) is 11.5 Å². The first-order valence-corrected chi connectivity index (χ1v) is 9.82. The molecule has 6 nitrogen and oxygen atoms in total. The van der Waals surface area contributed by atoms with E-state index in [0.717, 1.165) is 59.7 Å². The maximum absolute atomic E-state index is 5.43. The minimum atomic E-state index is -0.0507. The number of thioether (sulfide) groups is 1. The molecular weight excluding hydrogens is 350 g/mol. The van der Waals surface area contributed by atoms with Gasteiger partial charge >= 0.3 is 0 Å². The third-order valence-electron chi connectivity index (χ3n) is 4.89. The molecule has 1 atom stereocenters. The number of ether oxygens (including phenoxy) is 3. The monoisotopic (exact) mass is 373 g/mol. The van der Waals surface area contributed by atoms with Crippen molar-refractivity contribution in [1.29, 1.82) is 0 Å². The van der Waals surface area contributed by atoms with Gasteiger partial charge in [0.15, 0.2) is 16.7 Å². The molecule has 0 bridgehead atoms. The maximum Gasteiger partial charge on any atom is 0.163 e. The van der Waals surface area contributed by atoms with Crippen LogP contribution in [0.2, 0.25) is 0 Å². The van der Waals surface area contributed by atoms with Gasteiger partial charge in [0.05, 0.1) is 14.2 Å². The Morgan fingerprint density at radius 3 is 2.77 bits per heavy atom. The quantitative estimate of drug-likeness (QED) is 0.860. The van der Waals surface area contributed by atoms with Crippen LogP contribution in [-0.2, 0) is 4.74 Å². The second-order valence-corrected chi connectivity index (χ2v) is 7.51. The van der Waals surface area contributed by atoms with Crippen molar-refractivity contribution in [2.45, 2.75) is 18.9 Å². The number of nitrogens with zero attached hydrogens (tertiary/aromatic N) is 2. The van der Waals surface area contributed by atoms with Crippen LogP contribution >= 0.6 is 11.8 Å². The maximum atomic E-state index is 5.43. The molecule has 0 saturated carbocycles. The summed E-state index contributed by atoms with van der Waals surface area (Å²) in [6.07, 6.45) is 4.17. The Labute approximate surface area is 157 Å². The molecule has 3 aliphatic heterocycles. The van der Waals surface area contributed by atoms with Gasteiger partial charge in [0, 0.05) is 30.7 Å². The van der Waals surface area contributed by atoms with E-state index in [1.807, 2.05) is 24.4 Å². The van der Waals surface area contributed by atoms with Crippen LogP contribution in [0.1, 0.15) is 18.4 Å². The summed E-state index contributed by atoms with van der Waals surface area (Å²) in [5.74, 6) is 4.12. The third kappa shape index (κ3) is 3.46. The summed E-state index contributed by atoms with van der Waals surface area (Å²) in [6.45, 7) is 1.76. The van der Waals surface area contributed by atoms with Crippen LogP contribution in [0.15, 0.2) is 34.4 Å². The Bertz CT molecular complexity index is 769. The summed E-state index contributed by atoms with van der Waals surface area (Å²) in [7, 11) is 3.29. The van der Waals surface area contributed by atoms with Crippen molar-refractivity contribution < 1.29 is 14.2 Å².